The maximum absolute atomic E-state index is 12.5. The Morgan fingerprint density at radius 1 is 1.35 bits per heavy atom. The molecule has 1 aromatic heterocycles. The van der Waals surface area contributed by atoms with Crippen molar-refractivity contribution in [1.82, 2.24) is 25.5 Å². The molecule has 174 valence electrons. The molecule has 11 N–H and O–H groups in total. The molecule has 7 unspecified atom stereocenters. The number of nitrogens with two attached hydrogens (primary N) is 2. The molecule has 0 saturated carbocycles. The predicted octanol–water partition coefficient (Wildman–Crippen LogP) is -6.10. The first kappa shape index (κ1) is 24.6. The largest absolute Gasteiger partial charge is 0.394 e. The maximum atomic E-state index is 12.5. The summed E-state index contributed by atoms with van der Waals surface area (Å²) in [6.07, 6.45) is -6.82. The molecule has 1 saturated heterocycles. The molecule has 31 heavy (non-hydrogen) atoms. The van der Waals surface area contributed by atoms with Crippen molar-refractivity contribution in [2.24, 2.45) is 5.73 Å². The summed E-state index contributed by atoms with van der Waals surface area (Å²) in [5.74, 6) is -2.10. The van der Waals surface area contributed by atoms with Crippen LogP contribution in [0.1, 0.15) is 6.23 Å². The summed E-state index contributed by atoms with van der Waals surface area (Å²) in [5.41, 5.74) is 9.84. The summed E-state index contributed by atoms with van der Waals surface area (Å²) >= 11 is 0. The number of amides is 2. The smallest absolute Gasteiger partial charge is 0.351 e. The van der Waals surface area contributed by atoms with Crippen LogP contribution in [-0.2, 0) is 14.3 Å². The average Bonchev–Trinajstić information content (AvgIpc) is 2.70. The molecule has 1 fully saturated rings. The zero-order valence-corrected chi connectivity index (χ0v) is 16.6. The van der Waals surface area contributed by atoms with E-state index in [1.165, 1.54) is 6.07 Å². The highest BCUT2D eigenvalue weighted by Gasteiger charge is 2.49. The van der Waals surface area contributed by atoms with E-state index in [1.807, 2.05) is 0 Å². The Kier molecular flexibility index (Phi) is 8.40. The standard InChI is InChI=1S/C16H27N7O8/c1-19-4-8(25)20-6(5-24)14(29)22-9-10(26)11(27)15(31-12(9)13(18)28)23-3-2-7(17)21-16(23)30/h2-3,6,8-12,15,19-20,24-27H,4-5H2,1H3,(H2,18,28)(H,22,29)(H2,17,21,30). The summed E-state index contributed by atoms with van der Waals surface area (Å²) in [5, 5.41) is 47.6. The molecule has 0 radical (unpaired) electrons. The van der Waals surface area contributed by atoms with Crippen LogP contribution in [0, 0.1) is 0 Å². The van der Waals surface area contributed by atoms with Crippen LogP contribution in [0.2, 0.25) is 0 Å². The molecule has 7 atom stereocenters. The zero-order chi connectivity index (χ0) is 23.3. The number of nitrogen functional groups attached to an aromatic ring is 1. The van der Waals surface area contributed by atoms with Gasteiger partial charge in [-0.05, 0) is 13.1 Å². The molecular weight excluding hydrogens is 418 g/mol. The van der Waals surface area contributed by atoms with Crippen LogP contribution in [0.5, 0.6) is 0 Å². The van der Waals surface area contributed by atoms with Crippen LogP contribution < -0.4 is 33.1 Å². The van der Waals surface area contributed by atoms with E-state index in [0.29, 0.717) is 0 Å². The Hall–Kier alpha value is -2.66. The molecule has 1 aromatic rings. The van der Waals surface area contributed by atoms with E-state index >= 15 is 0 Å². The lowest BCUT2D eigenvalue weighted by Gasteiger charge is -2.42. The minimum absolute atomic E-state index is 0.0631. The number of anilines is 1. The molecule has 0 spiro atoms. The highest BCUT2D eigenvalue weighted by molar-refractivity contribution is 5.85. The van der Waals surface area contributed by atoms with Gasteiger partial charge in [-0.15, -0.1) is 0 Å². The number of carbonyl (C=O) groups excluding carboxylic acids is 2. The molecule has 0 bridgehead atoms. The van der Waals surface area contributed by atoms with Crippen LogP contribution in [0.4, 0.5) is 5.82 Å². The van der Waals surface area contributed by atoms with Crippen LogP contribution in [0.15, 0.2) is 17.1 Å². The van der Waals surface area contributed by atoms with E-state index in [0.717, 1.165) is 10.8 Å². The summed E-state index contributed by atoms with van der Waals surface area (Å²) in [7, 11) is 1.56. The Morgan fingerprint density at radius 2 is 2.03 bits per heavy atom. The Bertz CT molecular complexity index is 836. The molecule has 15 heteroatoms. The zero-order valence-electron chi connectivity index (χ0n) is 16.6. The van der Waals surface area contributed by atoms with Crippen LogP contribution in [-0.4, -0.2) is 98.6 Å². The lowest BCUT2D eigenvalue weighted by atomic mass is 9.94. The third-order valence-corrected chi connectivity index (χ3v) is 4.63. The van der Waals surface area contributed by atoms with Crippen LogP contribution in [0.25, 0.3) is 0 Å². The van der Waals surface area contributed by atoms with E-state index in [1.54, 1.807) is 7.05 Å². The third-order valence-electron chi connectivity index (χ3n) is 4.63. The molecule has 15 nitrogen and oxygen atoms in total. The number of primary amides is 1. The van der Waals surface area contributed by atoms with Crippen molar-refractivity contribution in [3.63, 3.8) is 0 Å². The molecule has 0 aliphatic carbocycles. The predicted molar refractivity (Wildman–Crippen MR) is 104 cm³/mol. The number of nitrogens with zero attached hydrogens (tertiary/aromatic N) is 2. The second-order valence-electron chi connectivity index (χ2n) is 6.88. The fourth-order valence-corrected chi connectivity index (χ4v) is 3.09. The molecule has 1 aliphatic heterocycles. The first-order valence-corrected chi connectivity index (χ1v) is 9.26. The van der Waals surface area contributed by atoms with Crippen molar-refractivity contribution in [3.8, 4) is 0 Å². The van der Waals surface area contributed by atoms with E-state index in [4.69, 9.17) is 16.2 Å². The molecular formula is C16H27N7O8. The Labute approximate surface area is 176 Å². The van der Waals surface area contributed by atoms with Crippen molar-refractivity contribution in [2.45, 2.75) is 42.9 Å². The second-order valence-corrected chi connectivity index (χ2v) is 6.88. The van der Waals surface area contributed by atoms with Gasteiger partial charge in [-0.1, -0.05) is 0 Å². The summed E-state index contributed by atoms with van der Waals surface area (Å²) < 4.78 is 6.23. The minimum Gasteiger partial charge on any atom is -0.394 e. The van der Waals surface area contributed by atoms with Gasteiger partial charge in [-0.3, -0.25) is 19.5 Å². The molecule has 2 amide bonds. The lowest BCUT2D eigenvalue weighted by molar-refractivity contribution is -0.212. The minimum atomic E-state index is -1.80. The Balaban J connectivity index is 2.23. The highest BCUT2D eigenvalue weighted by atomic mass is 16.5. The normalized spacial score (nSPS) is 28.0. The van der Waals surface area contributed by atoms with E-state index in [9.17, 15) is 34.8 Å². The summed E-state index contributed by atoms with van der Waals surface area (Å²) in [6, 6.07) is -1.60. The van der Waals surface area contributed by atoms with E-state index in [-0.39, 0.29) is 12.4 Å². The fraction of sp³-hybridized carbons (Fsp3) is 0.625. The van der Waals surface area contributed by atoms with Gasteiger partial charge in [0.05, 0.1) is 12.6 Å². The van der Waals surface area contributed by atoms with Crippen LogP contribution in [0.3, 0.4) is 0 Å². The summed E-state index contributed by atoms with van der Waals surface area (Å²) in [4.78, 5) is 40.0. The number of hydrogen-bond acceptors (Lipinski definition) is 12. The van der Waals surface area contributed by atoms with Gasteiger partial charge in [-0.2, -0.15) is 4.98 Å². The summed E-state index contributed by atoms with van der Waals surface area (Å²) in [6.45, 7) is -0.664. The van der Waals surface area contributed by atoms with Crippen LogP contribution >= 0.6 is 0 Å². The first-order chi connectivity index (χ1) is 14.6. The van der Waals surface area contributed by atoms with Gasteiger partial charge in [-0.25, -0.2) is 4.79 Å². The third kappa shape index (κ3) is 5.73. The SMILES string of the molecule is CNCC(O)NC(CO)C(=O)NC1C(C(N)=O)OC(n2ccc(N)nc2=O)C(O)C1O. The van der Waals surface area contributed by atoms with E-state index < -0.39 is 67.0 Å². The van der Waals surface area contributed by atoms with Gasteiger partial charge in [0, 0.05) is 12.7 Å². The van der Waals surface area contributed by atoms with E-state index in [2.05, 4.69) is 20.9 Å². The second kappa shape index (κ2) is 10.6. The van der Waals surface area contributed by atoms with Gasteiger partial charge in [0.25, 0.3) is 0 Å². The van der Waals surface area contributed by atoms with Crippen molar-refractivity contribution >= 4 is 17.6 Å². The number of likely N-dealkylation sites (N-methyl/N-ethyl adjacent to an activating group) is 1. The van der Waals surface area contributed by atoms with Gasteiger partial charge >= 0.3 is 5.69 Å². The quantitative estimate of drug-likeness (QED) is 0.161. The number of carbonyl (C=O) groups is 2. The Morgan fingerprint density at radius 3 is 2.58 bits per heavy atom. The number of rotatable bonds is 9. The topological polar surface area (TPSA) is 247 Å². The first-order valence-electron chi connectivity index (χ1n) is 9.26. The molecule has 1 aliphatic rings. The molecule has 2 heterocycles. The number of aliphatic hydroxyl groups is 4. The van der Waals surface area contributed by atoms with Crippen molar-refractivity contribution in [3.05, 3.63) is 22.7 Å². The van der Waals surface area contributed by atoms with Crippen molar-refractivity contribution in [2.75, 3.05) is 25.9 Å². The number of nitrogens with one attached hydrogen (secondary N) is 3. The number of ether oxygens (including phenoxy) is 1. The van der Waals surface area contributed by atoms with Crippen molar-refractivity contribution < 1.29 is 34.8 Å². The number of hydrogen-bond donors (Lipinski definition) is 9. The lowest BCUT2D eigenvalue weighted by Crippen LogP contribution is -2.67. The number of aliphatic hydroxyl groups excluding tert-OH is 4. The van der Waals surface area contributed by atoms with Gasteiger partial charge in [0.1, 0.15) is 30.3 Å². The fourth-order valence-electron chi connectivity index (χ4n) is 3.09. The van der Waals surface area contributed by atoms with Gasteiger partial charge in [0.2, 0.25) is 11.8 Å². The number of aromatic nitrogens is 2. The van der Waals surface area contributed by atoms with Gasteiger partial charge < -0.3 is 47.3 Å². The molecule has 2 rings (SSSR count). The maximum Gasteiger partial charge on any atom is 0.351 e. The van der Waals surface area contributed by atoms with Crippen molar-refractivity contribution in [1.29, 1.82) is 0 Å². The molecule has 0 aromatic carbocycles. The average molecular weight is 445 g/mol. The highest BCUT2D eigenvalue weighted by Crippen LogP contribution is 2.27. The van der Waals surface area contributed by atoms with Gasteiger partial charge in [0.15, 0.2) is 12.3 Å². The monoisotopic (exact) mass is 445 g/mol.